The highest BCUT2D eigenvalue weighted by Crippen LogP contribution is 2.21. The Morgan fingerprint density at radius 2 is 2.10 bits per heavy atom. The molecule has 0 aliphatic rings. The second-order valence-corrected chi connectivity index (χ2v) is 6.85. The van der Waals surface area contributed by atoms with Crippen LogP contribution in [0.25, 0.3) is 0 Å². The van der Waals surface area contributed by atoms with Crippen molar-refractivity contribution in [3.05, 3.63) is 23.8 Å². The van der Waals surface area contributed by atoms with Gasteiger partial charge in [0.2, 0.25) is 0 Å². The number of hydrogen-bond acceptors (Lipinski definition) is 6. The number of sulfone groups is 1. The maximum absolute atomic E-state index is 11.6. The minimum atomic E-state index is -3.09. The standard InChI is InChI=1S/C13H20N2O4S/c1-4-19-13(16)10-5-6-11(14)12(7-10)15-9(2)8-20(3,17)18/h5-7,9,15H,4,8,14H2,1-3H3. The number of benzene rings is 1. The molecule has 0 heterocycles. The van der Waals surface area contributed by atoms with E-state index < -0.39 is 15.8 Å². The summed E-state index contributed by atoms with van der Waals surface area (Å²) < 4.78 is 27.4. The summed E-state index contributed by atoms with van der Waals surface area (Å²) in [7, 11) is -3.09. The van der Waals surface area contributed by atoms with E-state index >= 15 is 0 Å². The summed E-state index contributed by atoms with van der Waals surface area (Å²) in [4.78, 5) is 11.6. The smallest absolute Gasteiger partial charge is 0.338 e. The van der Waals surface area contributed by atoms with Gasteiger partial charge in [-0.2, -0.15) is 0 Å². The van der Waals surface area contributed by atoms with Crippen molar-refractivity contribution >= 4 is 27.2 Å². The molecule has 0 amide bonds. The summed E-state index contributed by atoms with van der Waals surface area (Å²) in [5.74, 6) is -0.456. The van der Waals surface area contributed by atoms with Crippen LogP contribution in [-0.2, 0) is 14.6 Å². The van der Waals surface area contributed by atoms with E-state index in [1.807, 2.05) is 0 Å². The summed E-state index contributed by atoms with van der Waals surface area (Å²) in [5, 5.41) is 2.99. The molecule has 0 saturated carbocycles. The van der Waals surface area contributed by atoms with E-state index in [0.29, 0.717) is 16.9 Å². The van der Waals surface area contributed by atoms with Crippen LogP contribution in [0.1, 0.15) is 24.2 Å². The zero-order chi connectivity index (χ0) is 15.3. The first-order valence-corrected chi connectivity index (χ1v) is 8.30. The molecule has 1 rings (SSSR count). The van der Waals surface area contributed by atoms with Gasteiger partial charge in [0.15, 0.2) is 0 Å². The number of ether oxygens (including phenoxy) is 1. The molecular formula is C13H20N2O4S. The van der Waals surface area contributed by atoms with Gasteiger partial charge in [-0.25, -0.2) is 13.2 Å². The monoisotopic (exact) mass is 300 g/mol. The molecule has 3 N–H and O–H groups in total. The van der Waals surface area contributed by atoms with Crippen molar-refractivity contribution in [1.82, 2.24) is 0 Å². The van der Waals surface area contributed by atoms with Gasteiger partial charge in [-0.3, -0.25) is 0 Å². The van der Waals surface area contributed by atoms with Crippen molar-refractivity contribution in [2.75, 3.05) is 29.7 Å². The molecule has 0 radical (unpaired) electrons. The third-order valence-corrected chi connectivity index (χ3v) is 3.62. The lowest BCUT2D eigenvalue weighted by atomic mass is 10.1. The van der Waals surface area contributed by atoms with Gasteiger partial charge in [-0.05, 0) is 32.0 Å². The van der Waals surface area contributed by atoms with Crippen LogP contribution in [0.2, 0.25) is 0 Å². The Hall–Kier alpha value is -1.76. The van der Waals surface area contributed by atoms with Gasteiger partial charge in [-0.1, -0.05) is 0 Å². The van der Waals surface area contributed by atoms with E-state index in [2.05, 4.69) is 5.32 Å². The van der Waals surface area contributed by atoms with Crippen molar-refractivity contribution in [3.8, 4) is 0 Å². The first kappa shape index (κ1) is 16.3. The van der Waals surface area contributed by atoms with E-state index in [0.717, 1.165) is 0 Å². The number of anilines is 2. The Kier molecular flexibility index (Phi) is 5.38. The number of nitrogen functional groups attached to an aromatic ring is 1. The molecule has 1 aromatic carbocycles. The molecule has 0 bridgehead atoms. The van der Waals surface area contributed by atoms with Gasteiger partial charge in [0.05, 0.1) is 29.3 Å². The summed E-state index contributed by atoms with van der Waals surface area (Å²) in [6, 6.07) is 4.40. The van der Waals surface area contributed by atoms with Gasteiger partial charge in [0, 0.05) is 12.3 Å². The molecule has 0 spiro atoms. The fourth-order valence-corrected chi connectivity index (χ4v) is 2.78. The number of esters is 1. The van der Waals surface area contributed by atoms with E-state index in [1.54, 1.807) is 32.0 Å². The fourth-order valence-electron chi connectivity index (χ4n) is 1.78. The van der Waals surface area contributed by atoms with Crippen molar-refractivity contribution in [2.24, 2.45) is 0 Å². The highest BCUT2D eigenvalue weighted by Gasteiger charge is 2.14. The average Bonchev–Trinajstić information content (AvgIpc) is 2.29. The van der Waals surface area contributed by atoms with E-state index in [4.69, 9.17) is 10.5 Å². The van der Waals surface area contributed by atoms with Crippen LogP contribution in [0.4, 0.5) is 11.4 Å². The molecule has 0 aliphatic heterocycles. The van der Waals surface area contributed by atoms with E-state index in [-0.39, 0.29) is 18.4 Å². The molecule has 1 aromatic rings. The Morgan fingerprint density at radius 1 is 1.45 bits per heavy atom. The molecule has 0 aromatic heterocycles. The predicted molar refractivity (Wildman–Crippen MR) is 79.6 cm³/mol. The lowest BCUT2D eigenvalue weighted by molar-refractivity contribution is 0.0526. The molecule has 1 unspecified atom stereocenters. The molecule has 6 nitrogen and oxygen atoms in total. The fraction of sp³-hybridized carbons (Fsp3) is 0.462. The third-order valence-electron chi connectivity index (χ3n) is 2.52. The van der Waals surface area contributed by atoms with Crippen LogP contribution in [-0.4, -0.2) is 39.0 Å². The van der Waals surface area contributed by atoms with Crippen molar-refractivity contribution in [1.29, 1.82) is 0 Å². The largest absolute Gasteiger partial charge is 0.462 e. The van der Waals surface area contributed by atoms with Crippen LogP contribution < -0.4 is 11.1 Å². The van der Waals surface area contributed by atoms with Crippen LogP contribution >= 0.6 is 0 Å². The highest BCUT2D eigenvalue weighted by molar-refractivity contribution is 7.90. The summed E-state index contributed by atoms with van der Waals surface area (Å²) in [6.07, 6.45) is 1.17. The summed E-state index contributed by atoms with van der Waals surface area (Å²) in [5.41, 5.74) is 7.15. The first-order valence-electron chi connectivity index (χ1n) is 6.24. The zero-order valence-corrected chi connectivity index (χ0v) is 12.7. The molecule has 1 atom stereocenters. The molecule has 20 heavy (non-hydrogen) atoms. The Bertz CT molecular complexity index is 584. The predicted octanol–water partition coefficient (Wildman–Crippen LogP) is 1.29. The topological polar surface area (TPSA) is 98.5 Å². The normalized spacial score (nSPS) is 12.8. The Balaban J connectivity index is 2.89. The van der Waals surface area contributed by atoms with Gasteiger partial charge >= 0.3 is 5.97 Å². The highest BCUT2D eigenvalue weighted by atomic mass is 32.2. The SMILES string of the molecule is CCOC(=O)c1ccc(N)c(NC(C)CS(C)(=O)=O)c1. The lowest BCUT2D eigenvalue weighted by Gasteiger charge is -2.16. The minimum absolute atomic E-state index is 0.0178. The molecule has 7 heteroatoms. The quantitative estimate of drug-likeness (QED) is 0.607. The molecule has 112 valence electrons. The summed E-state index contributed by atoms with van der Waals surface area (Å²) in [6.45, 7) is 3.75. The third kappa shape index (κ3) is 5.08. The number of nitrogens with two attached hydrogens (primary N) is 1. The van der Waals surface area contributed by atoms with Crippen LogP contribution in [0.3, 0.4) is 0 Å². The minimum Gasteiger partial charge on any atom is -0.462 e. The van der Waals surface area contributed by atoms with Crippen molar-refractivity contribution in [2.45, 2.75) is 19.9 Å². The van der Waals surface area contributed by atoms with Crippen molar-refractivity contribution < 1.29 is 17.9 Å². The average molecular weight is 300 g/mol. The van der Waals surface area contributed by atoms with E-state index in [9.17, 15) is 13.2 Å². The number of carbonyl (C=O) groups excluding carboxylic acids is 1. The molecule has 0 aliphatic carbocycles. The van der Waals surface area contributed by atoms with Gasteiger partial charge in [0.1, 0.15) is 9.84 Å². The summed E-state index contributed by atoms with van der Waals surface area (Å²) >= 11 is 0. The van der Waals surface area contributed by atoms with Gasteiger partial charge in [-0.15, -0.1) is 0 Å². The number of carbonyl (C=O) groups is 1. The second kappa shape index (κ2) is 6.60. The Morgan fingerprint density at radius 3 is 2.65 bits per heavy atom. The lowest BCUT2D eigenvalue weighted by Crippen LogP contribution is -2.25. The number of nitrogens with one attached hydrogen (secondary N) is 1. The number of rotatable bonds is 6. The maximum Gasteiger partial charge on any atom is 0.338 e. The van der Waals surface area contributed by atoms with Gasteiger partial charge in [0.25, 0.3) is 0 Å². The van der Waals surface area contributed by atoms with Crippen LogP contribution in [0.15, 0.2) is 18.2 Å². The first-order chi connectivity index (χ1) is 9.23. The van der Waals surface area contributed by atoms with Crippen LogP contribution in [0.5, 0.6) is 0 Å². The van der Waals surface area contributed by atoms with E-state index in [1.165, 1.54) is 6.26 Å². The molecular weight excluding hydrogens is 280 g/mol. The molecule has 0 saturated heterocycles. The zero-order valence-electron chi connectivity index (χ0n) is 11.8. The van der Waals surface area contributed by atoms with Crippen molar-refractivity contribution in [3.63, 3.8) is 0 Å². The number of hydrogen-bond donors (Lipinski definition) is 2. The maximum atomic E-state index is 11.6. The molecule has 0 fully saturated rings. The second-order valence-electron chi connectivity index (χ2n) is 4.66. The van der Waals surface area contributed by atoms with Gasteiger partial charge < -0.3 is 15.8 Å². The van der Waals surface area contributed by atoms with Crippen LogP contribution in [0, 0.1) is 0 Å². The Labute approximate surface area is 119 Å².